The standard InChI is InChI=1S/C17H19N3O3/c1-9(2)11-5-4-6-12-15(11)17(23)20(10(3)18-12)13-7-8-14(21)19-16(13)22/h4-6,9,13H,7-8H2,1-3H3,(H,19,21,22)/t13-/m1/s1. The molecule has 0 spiro atoms. The Morgan fingerprint density at radius 1 is 1.26 bits per heavy atom. The number of fused-ring (bicyclic) bond motifs is 1. The summed E-state index contributed by atoms with van der Waals surface area (Å²) in [6.45, 7) is 5.75. The SMILES string of the molecule is Cc1nc2cccc(C(C)C)c2c(=O)n1[C@@H]1CCC(=O)NC1=O. The van der Waals surface area contributed by atoms with Crippen molar-refractivity contribution in [1.29, 1.82) is 0 Å². The van der Waals surface area contributed by atoms with Crippen molar-refractivity contribution in [2.75, 3.05) is 0 Å². The predicted octanol–water partition coefficient (Wildman–Crippen LogP) is 1.81. The number of imide groups is 1. The van der Waals surface area contributed by atoms with Gasteiger partial charge in [0.25, 0.3) is 5.56 Å². The summed E-state index contributed by atoms with van der Waals surface area (Å²) < 4.78 is 1.43. The van der Waals surface area contributed by atoms with Gasteiger partial charge in [0.15, 0.2) is 0 Å². The van der Waals surface area contributed by atoms with Gasteiger partial charge in [0.2, 0.25) is 11.8 Å². The first-order valence-electron chi connectivity index (χ1n) is 7.75. The van der Waals surface area contributed by atoms with Gasteiger partial charge in [0.1, 0.15) is 11.9 Å². The third kappa shape index (κ3) is 2.54. The molecule has 23 heavy (non-hydrogen) atoms. The largest absolute Gasteiger partial charge is 0.295 e. The van der Waals surface area contributed by atoms with Crippen molar-refractivity contribution in [3.05, 3.63) is 39.9 Å². The topological polar surface area (TPSA) is 81.1 Å². The van der Waals surface area contributed by atoms with Crippen molar-refractivity contribution in [2.24, 2.45) is 0 Å². The Morgan fingerprint density at radius 2 is 2.00 bits per heavy atom. The van der Waals surface area contributed by atoms with Crippen molar-refractivity contribution in [2.45, 2.75) is 45.6 Å². The average Bonchev–Trinajstić information content (AvgIpc) is 2.48. The van der Waals surface area contributed by atoms with Gasteiger partial charge in [-0.05, 0) is 30.9 Å². The zero-order valence-corrected chi connectivity index (χ0v) is 13.4. The van der Waals surface area contributed by atoms with E-state index in [1.807, 2.05) is 32.0 Å². The number of aryl methyl sites for hydroxylation is 1. The predicted molar refractivity (Wildman–Crippen MR) is 86.2 cm³/mol. The van der Waals surface area contributed by atoms with E-state index in [0.717, 1.165) is 5.56 Å². The van der Waals surface area contributed by atoms with Crippen LogP contribution in [0, 0.1) is 6.92 Å². The lowest BCUT2D eigenvalue weighted by atomic mass is 9.98. The van der Waals surface area contributed by atoms with Crippen molar-refractivity contribution in [1.82, 2.24) is 14.9 Å². The molecular formula is C17H19N3O3. The van der Waals surface area contributed by atoms with E-state index in [4.69, 9.17) is 0 Å². The molecule has 0 aliphatic carbocycles. The van der Waals surface area contributed by atoms with Crippen molar-refractivity contribution < 1.29 is 9.59 Å². The Morgan fingerprint density at radius 3 is 2.65 bits per heavy atom. The van der Waals surface area contributed by atoms with Gasteiger partial charge in [0.05, 0.1) is 10.9 Å². The summed E-state index contributed by atoms with van der Waals surface area (Å²) in [7, 11) is 0. The van der Waals surface area contributed by atoms with Crippen LogP contribution in [-0.4, -0.2) is 21.4 Å². The van der Waals surface area contributed by atoms with Gasteiger partial charge in [-0.3, -0.25) is 24.3 Å². The molecule has 0 bridgehead atoms. The lowest BCUT2D eigenvalue weighted by molar-refractivity contribution is -0.135. The van der Waals surface area contributed by atoms with Crippen molar-refractivity contribution >= 4 is 22.7 Å². The minimum atomic E-state index is -0.683. The fourth-order valence-corrected chi connectivity index (χ4v) is 3.16. The summed E-state index contributed by atoms with van der Waals surface area (Å²) in [5.41, 5.74) is 1.34. The quantitative estimate of drug-likeness (QED) is 0.857. The number of rotatable bonds is 2. The van der Waals surface area contributed by atoms with Crippen molar-refractivity contribution in [3.8, 4) is 0 Å². The van der Waals surface area contributed by atoms with E-state index in [-0.39, 0.29) is 23.8 Å². The zero-order chi connectivity index (χ0) is 16.7. The van der Waals surface area contributed by atoms with E-state index in [1.54, 1.807) is 6.92 Å². The van der Waals surface area contributed by atoms with Crippen LogP contribution in [0.1, 0.15) is 50.0 Å². The highest BCUT2D eigenvalue weighted by Crippen LogP contribution is 2.24. The number of nitrogens with one attached hydrogen (secondary N) is 1. The van der Waals surface area contributed by atoms with Crippen LogP contribution in [0.5, 0.6) is 0 Å². The smallest absolute Gasteiger partial charge is 0.262 e. The third-order valence-corrected chi connectivity index (χ3v) is 4.28. The maximum Gasteiger partial charge on any atom is 0.262 e. The highest BCUT2D eigenvalue weighted by molar-refractivity contribution is 5.99. The molecule has 3 rings (SSSR count). The van der Waals surface area contributed by atoms with Gasteiger partial charge in [-0.1, -0.05) is 26.0 Å². The molecule has 120 valence electrons. The first kappa shape index (κ1) is 15.4. The molecule has 0 radical (unpaired) electrons. The minimum absolute atomic E-state index is 0.172. The molecule has 0 unspecified atom stereocenters. The highest BCUT2D eigenvalue weighted by Gasteiger charge is 2.30. The normalized spacial score (nSPS) is 18.5. The number of piperidine rings is 1. The molecule has 1 fully saturated rings. The Kier molecular flexibility index (Phi) is 3.75. The van der Waals surface area contributed by atoms with Gasteiger partial charge in [-0.2, -0.15) is 0 Å². The molecule has 2 aromatic rings. The number of benzene rings is 1. The summed E-state index contributed by atoms with van der Waals surface area (Å²) in [5.74, 6) is -0.0766. The second-order valence-corrected chi connectivity index (χ2v) is 6.20. The van der Waals surface area contributed by atoms with E-state index in [2.05, 4.69) is 10.3 Å². The Labute approximate surface area is 133 Å². The molecule has 2 heterocycles. The third-order valence-electron chi connectivity index (χ3n) is 4.28. The average molecular weight is 313 g/mol. The molecule has 6 nitrogen and oxygen atoms in total. The number of nitrogens with zero attached hydrogens (tertiary/aromatic N) is 2. The Bertz CT molecular complexity index is 867. The van der Waals surface area contributed by atoms with Crippen LogP contribution in [0.15, 0.2) is 23.0 Å². The van der Waals surface area contributed by atoms with E-state index in [1.165, 1.54) is 4.57 Å². The van der Waals surface area contributed by atoms with Crippen LogP contribution in [0.4, 0.5) is 0 Å². The van der Waals surface area contributed by atoms with E-state index in [0.29, 0.717) is 23.1 Å². The summed E-state index contributed by atoms with van der Waals surface area (Å²) >= 11 is 0. The molecule has 1 aromatic heterocycles. The fraction of sp³-hybridized carbons (Fsp3) is 0.412. The maximum absolute atomic E-state index is 13.1. The number of amides is 2. The van der Waals surface area contributed by atoms with Crippen LogP contribution in [0.2, 0.25) is 0 Å². The van der Waals surface area contributed by atoms with Gasteiger partial charge in [-0.25, -0.2) is 4.98 Å². The second kappa shape index (κ2) is 5.61. The molecule has 1 aromatic carbocycles. The van der Waals surface area contributed by atoms with E-state index < -0.39 is 11.9 Å². The van der Waals surface area contributed by atoms with Crippen LogP contribution >= 0.6 is 0 Å². The molecule has 1 atom stereocenters. The van der Waals surface area contributed by atoms with Gasteiger partial charge in [0, 0.05) is 6.42 Å². The zero-order valence-electron chi connectivity index (χ0n) is 13.4. The fourth-order valence-electron chi connectivity index (χ4n) is 3.16. The van der Waals surface area contributed by atoms with Crippen LogP contribution in [0.3, 0.4) is 0 Å². The Balaban J connectivity index is 2.26. The first-order valence-corrected chi connectivity index (χ1v) is 7.75. The molecule has 2 amide bonds. The van der Waals surface area contributed by atoms with Gasteiger partial charge < -0.3 is 0 Å². The number of carbonyl (C=O) groups is 2. The highest BCUT2D eigenvalue weighted by atomic mass is 16.2. The number of hydrogen-bond acceptors (Lipinski definition) is 4. The monoisotopic (exact) mass is 313 g/mol. The van der Waals surface area contributed by atoms with Crippen LogP contribution in [0.25, 0.3) is 10.9 Å². The summed E-state index contributed by atoms with van der Waals surface area (Å²) in [5, 5.41) is 2.86. The first-order chi connectivity index (χ1) is 10.9. The Hall–Kier alpha value is -2.50. The molecule has 0 saturated carbocycles. The molecule has 1 aliphatic rings. The van der Waals surface area contributed by atoms with Gasteiger partial charge in [-0.15, -0.1) is 0 Å². The molecule has 1 N–H and O–H groups in total. The van der Waals surface area contributed by atoms with Crippen LogP contribution in [-0.2, 0) is 9.59 Å². The minimum Gasteiger partial charge on any atom is -0.295 e. The molecule has 6 heteroatoms. The number of aromatic nitrogens is 2. The lowest BCUT2D eigenvalue weighted by Gasteiger charge is -2.25. The van der Waals surface area contributed by atoms with E-state index >= 15 is 0 Å². The van der Waals surface area contributed by atoms with E-state index in [9.17, 15) is 14.4 Å². The molecular weight excluding hydrogens is 294 g/mol. The number of hydrogen-bond donors (Lipinski definition) is 1. The lowest BCUT2D eigenvalue weighted by Crippen LogP contribution is -2.45. The summed E-state index contributed by atoms with van der Waals surface area (Å²) in [4.78, 5) is 41.1. The van der Waals surface area contributed by atoms with Crippen molar-refractivity contribution in [3.63, 3.8) is 0 Å². The molecule has 1 saturated heterocycles. The maximum atomic E-state index is 13.1. The van der Waals surface area contributed by atoms with Crippen LogP contribution < -0.4 is 10.9 Å². The second-order valence-electron chi connectivity index (χ2n) is 6.20. The molecule has 1 aliphatic heterocycles. The number of carbonyl (C=O) groups excluding carboxylic acids is 2. The summed E-state index contributed by atoms with van der Waals surface area (Å²) in [6.07, 6.45) is 0.550. The summed E-state index contributed by atoms with van der Waals surface area (Å²) in [6, 6.07) is 4.93. The van der Waals surface area contributed by atoms with Gasteiger partial charge >= 0.3 is 0 Å².